The van der Waals surface area contributed by atoms with Crippen LogP contribution in [0.5, 0.6) is 11.5 Å². The highest BCUT2D eigenvalue weighted by molar-refractivity contribution is 5.81. The van der Waals surface area contributed by atoms with Crippen LogP contribution in [0.1, 0.15) is 30.0 Å². The van der Waals surface area contributed by atoms with Gasteiger partial charge in [-0.1, -0.05) is 12.1 Å². The third-order valence-electron chi connectivity index (χ3n) is 5.73. The molecule has 30 heavy (non-hydrogen) atoms. The molecule has 0 spiro atoms. The van der Waals surface area contributed by atoms with Crippen molar-refractivity contribution in [3.63, 3.8) is 0 Å². The number of nitrogens with zero attached hydrogens (tertiary/aromatic N) is 3. The molecule has 1 unspecified atom stereocenters. The minimum absolute atomic E-state index is 0.0370. The number of rotatable bonds is 5. The Morgan fingerprint density at radius 2 is 2.03 bits per heavy atom. The molecule has 1 atom stereocenters. The van der Waals surface area contributed by atoms with Gasteiger partial charge in [0.15, 0.2) is 0 Å². The number of fused-ring (bicyclic) bond motifs is 1. The lowest BCUT2D eigenvalue weighted by molar-refractivity contribution is -0.132. The fourth-order valence-corrected chi connectivity index (χ4v) is 4.17. The van der Waals surface area contributed by atoms with E-state index in [1.807, 2.05) is 42.2 Å². The smallest absolute Gasteiger partial charge is 0.261 e. The van der Waals surface area contributed by atoms with Gasteiger partial charge in [-0.25, -0.2) is 4.98 Å². The number of ether oxygens (including phenoxy) is 2. The van der Waals surface area contributed by atoms with E-state index in [1.54, 1.807) is 20.3 Å². The maximum atomic E-state index is 13.1. The number of aryl methyl sites for hydroxylation is 1. The predicted octanol–water partition coefficient (Wildman–Crippen LogP) is 3.09. The summed E-state index contributed by atoms with van der Waals surface area (Å²) in [6, 6.07) is 11.1. The molecule has 3 aromatic rings. The predicted molar refractivity (Wildman–Crippen MR) is 114 cm³/mol. The van der Waals surface area contributed by atoms with Crippen LogP contribution in [0.4, 0.5) is 0 Å². The summed E-state index contributed by atoms with van der Waals surface area (Å²) in [4.78, 5) is 32.3. The molecule has 1 amide bonds. The number of benzene rings is 2. The van der Waals surface area contributed by atoms with Gasteiger partial charge in [-0.2, -0.15) is 0 Å². The van der Waals surface area contributed by atoms with E-state index in [1.165, 1.54) is 10.9 Å². The van der Waals surface area contributed by atoms with Crippen LogP contribution in [0, 0.1) is 6.92 Å². The molecule has 0 saturated carbocycles. The molecule has 0 aliphatic carbocycles. The van der Waals surface area contributed by atoms with Crippen molar-refractivity contribution in [3.05, 3.63) is 64.2 Å². The number of para-hydroxylation sites is 1. The molecule has 156 valence electrons. The second-order valence-electron chi connectivity index (χ2n) is 7.50. The first-order chi connectivity index (χ1) is 14.5. The minimum atomic E-state index is -0.199. The minimum Gasteiger partial charge on any atom is -0.497 e. The van der Waals surface area contributed by atoms with Crippen LogP contribution >= 0.6 is 0 Å². The summed E-state index contributed by atoms with van der Waals surface area (Å²) in [6.07, 6.45) is 3.21. The summed E-state index contributed by atoms with van der Waals surface area (Å²) < 4.78 is 12.2. The van der Waals surface area contributed by atoms with Gasteiger partial charge in [0.1, 0.15) is 18.0 Å². The molecule has 2 heterocycles. The van der Waals surface area contributed by atoms with Gasteiger partial charge in [-0.3, -0.25) is 14.2 Å². The number of carbonyl (C=O) groups excluding carboxylic acids is 1. The van der Waals surface area contributed by atoms with Gasteiger partial charge in [0.05, 0.1) is 37.5 Å². The van der Waals surface area contributed by atoms with Gasteiger partial charge in [0, 0.05) is 18.2 Å². The summed E-state index contributed by atoms with van der Waals surface area (Å²) in [6.45, 7) is 2.53. The van der Waals surface area contributed by atoms with Crippen LogP contribution in [0.25, 0.3) is 10.9 Å². The van der Waals surface area contributed by atoms with E-state index in [2.05, 4.69) is 4.98 Å². The van der Waals surface area contributed by atoms with Gasteiger partial charge in [0.2, 0.25) is 5.91 Å². The molecule has 0 bridgehead atoms. The zero-order chi connectivity index (χ0) is 21.3. The van der Waals surface area contributed by atoms with Crippen molar-refractivity contribution < 1.29 is 14.3 Å². The van der Waals surface area contributed by atoms with Gasteiger partial charge in [-0.05, 0) is 43.5 Å². The molecule has 1 aliphatic rings. The topological polar surface area (TPSA) is 73.7 Å². The van der Waals surface area contributed by atoms with Crippen molar-refractivity contribution in [1.82, 2.24) is 14.5 Å². The third-order valence-corrected chi connectivity index (χ3v) is 5.73. The lowest BCUT2D eigenvalue weighted by atomic mass is 10.0. The summed E-state index contributed by atoms with van der Waals surface area (Å²) in [5.74, 6) is 1.29. The SMILES string of the molecule is COc1ccc(C2CCCN2C(=O)Cn2cnc3c(C)cccc3c2=O)c(OC)c1. The average Bonchev–Trinajstić information content (AvgIpc) is 3.25. The van der Waals surface area contributed by atoms with E-state index in [0.29, 0.717) is 28.9 Å². The average molecular weight is 407 g/mol. The van der Waals surface area contributed by atoms with Crippen LogP contribution in [0.3, 0.4) is 0 Å². The Morgan fingerprint density at radius 1 is 1.20 bits per heavy atom. The van der Waals surface area contributed by atoms with Crippen molar-refractivity contribution in [2.75, 3.05) is 20.8 Å². The Bertz CT molecular complexity index is 1150. The third kappa shape index (κ3) is 3.51. The van der Waals surface area contributed by atoms with Gasteiger partial charge in [0.25, 0.3) is 5.56 Å². The Balaban J connectivity index is 1.62. The first-order valence-corrected chi connectivity index (χ1v) is 9.99. The number of aromatic nitrogens is 2. The van der Waals surface area contributed by atoms with Gasteiger partial charge in [-0.15, -0.1) is 0 Å². The van der Waals surface area contributed by atoms with Crippen LogP contribution in [0.15, 0.2) is 47.5 Å². The van der Waals surface area contributed by atoms with Crippen molar-refractivity contribution in [2.45, 2.75) is 32.4 Å². The number of hydrogen-bond donors (Lipinski definition) is 0. The number of amides is 1. The monoisotopic (exact) mass is 407 g/mol. The van der Waals surface area contributed by atoms with Crippen LogP contribution < -0.4 is 15.0 Å². The second-order valence-corrected chi connectivity index (χ2v) is 7.50. The van der Waals surface area contributed by atoms with E-state index in [4.69, 9.17) is 9.47 Å². The molecule has 1 saturated heterocycles. The summed E-state index contributed by atoms with van der Waals surface area (Å²) in [5.41, 5.74) is 2.36. The van der Waals surface area contributed by atoms with Crippen molar-refractivity contribution >= 4 is 16.8 Å². The molecule has 7 nitrogen and oxygen atoms in total. The fraction of sp³-hybridized carbons (Fsp3) is 0.348. The number of likely N-dealkylation sites (tertiary alicyclic amines) is 1. The molecule has 1 aliphatic heterocycles. The standard InChI is InChI=1S/C23H25N3O4/c1-15-6-4-7-18-22(15)24-14-25(23(18)28)13-21(27)26-11-5-8-19(26)17-10-9-16(29-2)12-20(17)30-3/h4,6-7,9-10,12,14,19H,5,8,11,13H2,1-3H3. The molecule has 2 aromatic carbocycles. The van der Waals surface area contributed by atoms with Gasteiger partial charge >= 0.3 is 0 Å². The molecule has 1 fully saturated rings. The van der Waals surface area contributed by atoms with Crippen molar-refractivity contribution in [3.8, 4) is 11.5 Å². The maximum Gasteiger partial charge on any atom is 0.261 e. The lowest BCUT2D eigenvalue weighted by Crippen LogP contribution is -2.36. The Hall–Kier alpha value is -3.35. The lowest BCUT2D eigenvalue weighted by Gasteiger charge is -2.27. The quantitative estimate of drug-likeness (QED) is 0.650. The summed E-state index contributed by atoms with van der Waals surface area (Å²) >= 11 is 0. The van der Waals surface area contributed by atoms with Crippen LogP contribution in [0.2, 0.25) is 0 Å². The van der Waals surface area contributed by atoms with E-state index in [-0.39, 0.29) is 24.1 Å². The molecule has 0 N–H and O–H groups in total. The zero-order valence-electron chi connectivity index (χ0n) is 17.4. The molecule has 0 radical (unpaired) electrons. The Labute approximate surface area is 174 Å². The molecule has 4 rings (SSSR count). The van der Waals surface area contributed by atoms with Gasteiger partial charge < -0.3 is 14.4 Å². The van der Waals surface area contributed by atoms with Crippen molar-refractivity contribution in [1.29, 1.82) is 0 Å². The largest absolute Gasteiger partial charge is 0.497 e. The zero-order valence-corrected chi connectivity index (χ0v) is 17.4. The normalized spacial score (nSPS) is 16.1. The van der Waals surface area contributed by atoms with E-state index >= 15 is 0 Å². The van der Waals surface area contributed by atoms with E-state index in [0.717, 1.165) is 24.0 Å². The Kier molecular flexibility index (Phi) is 5.44. The highest BCUT2D eigenvalue weighted by atomic mass is 16.5. The van der Waals surface area contributed by atoms with Crippen LogP contribution in [-0.4, -0.2) is 41.1 Å². The molecular weight excluding hydrogens is 382 g/mol. The molecule has 7 heteroatoms. The first-order valence-electron chi connectivity index (χ1n) is 9.99. The molecular formula is C23H25N3O4. The second kappa shape index (κ2) is 8.18. The number of hydrogen-bond acceptors (Lipinski definition) is 5. The molecule has 1 aromatic heterocycles. The number of carbonyl (C=O) groups is 1. The van der Waals surface area contributed by atoms with E-state index < -0.39 is 0 Å². The maximum absolute atomic E-state index is 13.1. The van der Waals surface area contributed by atoms with Crippen molar-refractivity contribution in [2.24, 2.45) is 0 Å². The number of methoxy groups -OCH3 is 2. The highest BCUT2D eigenvalue weighted by Gasteiger charge is 2.32. The van der Waals surface area contributed by atoms with Crippen LogP contribution in [-0.2, 0) is 11.3 Å². The Morgan fingerprint density at radius 3 is 2.80 bits per heavy atom. The summed E-state index contributed by atoms with van der Waals surface area (Å²) in [7, 11) is 3.22. The first kappa shape index (κ1) is 19.9. The van der Waals surface area contributed by atoms with E-state index in [9.17, 15) is 9.59 Å². The highest BCUT2D eigenvalue weighted by Crippen LogP contribution is 2.38. The fourth-order valence-electron chi connectivity index (χ4n) is 4.17. The summed E-state index contributed by atoms with van der Waals surface area (Å²) in [5, 5.41) is 0.528.